The average molecular weight is 476 g/mol. The number of sulfonamides is 1. The van der Waals surface area contributed by atoms with Crippen molar-refractivity contribution in [2.24, 2.45) is 5.14 Å². The molecule has 0 unspecified atom stereocenters. The lowest BCUT2D eigenvalue weighted by Gasteiger charge is -2.24. The summed E-state index contributed by atoms with van der Waals surface area (Å²) in [5, 5.41) is 9.73. The number of halogens is 1. The molecule has 0 saturated heterocycles. The molecule has 0 aliphatic rings. The summed E-state index contributed by atoms with van der Waals surface area (Å²) in [6.07, 6.45) is 0.435. The lowest BCUT2D eigenvalue weighted by molar-refractivity contribution is 0.123. The van der Waals surface area contributed by atoms with Crippen LogP contribution in [-0.4, -0.2) is 54.4 Å². The number of nitrogens with two attached hydrogens (primary N) is 1. The number of aryl methyl sites for hydroxylation is 1. The predicted molar refractivity (Wildman–Crippen MR) is 124 cm³/mol. The average Bonchev–Trinajstić information content (AvgIpc) is 3.12. The molecule has 0 fully saturated rings. The molecule has 1 aromatic heterocycles. The van der Waals surface area contributed by atoms with Crippen LogP contribution in [0, 0.1) is 12.7 Å². The first-order chi connectivity index (χ1) is 15.6. The number of methoxy groups -OCH3 is 1. The number of hydrogen-bond acceptors (Lipinski definition) is 6. The highest BCUT2D eigenvalue weighted by Gasteiger charge is 2.20. The molecule has 3 aromatic rings. The molecule has 33 heavy (non-hydrogen) atoms. The lowest BCUT2D eigenvalue weighted by atomic mass is 10.1. The Bertz CT molecular complexity index is 1210. The van der Waals surface area contributed by atoms with Crippen molar-refractivity contribution in [1.82, 2.24) is 19.7 Å². The first-order valence-electron chi connectivity index (χ1n) is 10.6. The molecule has 0 aliphatic heterocycles. The monoisotopic (exact) mass is 475 g/mol. The van der Waals surface area contributed by atoms with E-state index in [1.165, 1.54) is 16.8 Å². The quantitative estimate of drug-likeness (QED) is 0.484. The van der Waals surface area contributed by atoms with E-state index in [1.807, 2.05) is 31.2 Å². The Balaban J connectivity index is 2.03. The standard InChI is InChI=1S/C23H30FN5O3S/c1-16(2)28(10-11-32-4)15-22-26-23(13-18-7-5-6-17(3)12-18)29(27-22)21-9-8-19(14-20(21)24)33(25,30)31/h5-9,12,14,16H,10-11,13,15H2,1-4H3,(H2,25,30,31). The molecule has 0 amide bonds. The second-order valence-corrected chi connectivity index (χ2v) is 9.80. The molecule has 0 bridgehead atoms. The van der Waals surface area contributed by atoms with Crippen molar-refractivity contribution < 1.29 is 17.5 Å². The fraction of sp³-hybridized carbons (Fsp3) is 0.391. The predicted octanol–water partition coefficient (Wildman–Crippen LogP) is 2.81. The maximum atomic E-state index is 15.0. The molecule has 10 heteroatoms. The van der Waals surface area contributed by atoms with Gasteiger partial charge in [-0.1, -0.05) is 29.8 Å². The van der Waals surface area contributed by atoms with E-state index >= 15 is 0 Å². The van der Waals surface area contributed by atoms with Crippen LogP contribution in [0.4, 0.5) is 4.39 Å². The first kappa shape index (κ1) is 25.0. The van der Waals surface area contributed by atoms with Gasteiger partial charge in [-0.15, -0.1) is 5.10 Å². The molecule has 0 atom stereocenters. The van der Waals surface area contributed by atoms with Crippen LogP contribution < -0.4 is 5.14 Å². The van der Waals surface area contributed by atoms with Gasteiger partial charge in [0.2, 0.25) is 10.0 Å². The molecule has 2 aromatic carbocycles. The van der Waals surface area contributed by atoms with Crippen LogP contribution in [0.1, 0.15) is 36.6 Å². The highest BCUT2D eigenvalue weighted by Crippen LogP contribution is 2.21. The van der Waals surface area contributed by atoms with Crippen molar-refractivity contribution in [2.75, 3.05) is 20.3 Å². The topological polar surface area (TPSA) is 103 Å². The minimum absolute atomic E-state index is 0.108. The third-order valence-electron chi connectivity index (χ3n) is 5.30. The number of primary sulfonamides is 1. The number of aromatic nitrogens is 3. The zero-order valence-electron chi connectivity index (χ0n) is 19.3. The van der Waals surface area contributed by atoms with Crippen LogP contribution >= 0.6 is 0 Å². The molecular weight excluding hydrogens is 445 g/mol. The van der Waals surface area contributed by atoms with E-state index in [9.17, 15) is 12.8 Å². The maximum absolute atomic E-state index is 15.0. The Labute approximate surface area is 194 Å². The van der Waals surface area contributed by atoms with Gasteiger partial charge >= 0.3 is 0 Å². The SMILES string of the molecule is COCCN(Cc1nc(Cc2cccc(C)c2)n(-c2ccc(S(N)(=O)=O)cc2F)n1)C(C)C. The zero-order chi connectivity index (χ0) is 24.2. The summed E-state index contributed by atoms with van der Waals surface area (Å²) in [6.45, 7) is 7.89. The summed E-state index contributed by atoms with van der Waals surface area (Å²) < 4.78 is 44.8. The fourth-order valence-corrected chi connectivity index (χ4v) is 4.04. The molecule has 0 saturated carbocycles. The van der Waals surface area contributed by atoms with Gasteiger partial charge in [-0.2, -0.15) is 0 Å². The lowest BCUT2D eigenvalue weighted by Crippen LogP contribution is -2.33. The van der Waals surface area contributed by atoms with Crippen molar-refractivity contribution >= 4 is 10.0 Å². The van der Waals surface area contributed by atoms with E-state index < -0.39 is 15.8 Å². The van der Waals surface area contributed by atoms with Crippen molar-refractivity contribution in [1.29, 1.82) is 0 Å². The smallest absolute Gasteiger partial charge is 0.238 e. The molecule has 178 valence electrons. The number of hydrogen-bond donors (Lipinski definition) is 1. The Kier molecular flexibility index (Phi) is 7.96. The summed E-state index contributed by atoms with van der Waals surface area (Å²) in [6, 6.07) is 11.7. The van der Waals surface area contributed by atoms with Gasteiger partial charge in [0.1, 0.15) is 17.3 Å². The minimum atomic E-state index is -4.02. The highest BCUT2D eigenvalue weighted by atomic mass is 32.2. The molecule has 0 aliphatic carbocycles. The summed E-state index contributed by atoms with van der Waals surface area (Å²) >= 11 is 0. The second kappa shape index (κ2) is 10.5. The summed E-state index contributed by atoms with van der Waals surface area (Å²) in [5.41, 5.74) is 2.22. The van der Waals surface area contributed by atoms with Crippen LogP contribution in [0.5, 0.6) is 0 Å². The Hall–Kier alpha value is -2.66. The normalized spacial score (nSPS) is 12.1. The van der Waals surface area contributed by atoms with E-state index in [1.54, 1.807) is 7.11 Å². The van der Waals surface area contributed by atoms with Gasteiger partial charge in [0.05, 0.1) is 18.0 Å². The van der Waals surface area contributed by atoms with E-state index in [0.717, 1.165) is 17.2 Å². The van der Waals surface area contributed by atoms with E-state index in [4.69, 9.17) is 14.9 Å². The van der Waals surface area contributed by atoms with Crippen LogP contribution in [0.3, 0.4) is 0 Å². The van der Waals surface area contributed by atoms with Crippen LogP contribution in [0.25, 0.3) is 5.69 Å². The van der Waals surface area contributed by atoms with Gasteiger partial charge in [0.25, 0.3) is 0 Å². The van der Waals surface area contributed by atoms with Crippen LogP contribution in [0.15, 0.2) is 47.4 Å². The summed E-state index contributed by atoms with van der Waals surface area (Å²) in [5.74, 6) is 0.342. The molecule has 3 rings (SSSR count). The number of nitrogens with zero attached hydrogens (tertiary/aromatic N) is 4. The van der Waals surface area contributed by atoms with Gasteiger partial charge in [0.15, 0.2) is 5.82 Å². The molecule has 2 N–H and O–H groups in total. The molecule has 8 nitrogen and oxygen atoms in total. The van der Waals surface area contributed by atoms with E-state index in [-0.39, 0.29) is 16.6 Å². The number of benzene rings is 2. The van der Waals surface area contributed by atoms with Gasteiger partial charge in [-0.3, -0.25) is 4.90 Å². The molecular formula is C23H30FN5O3S. The minimum Gasteiger partial charge on any atom is -0.383 e. The maximum Gasteiger partial charge on any atom is 0.238 e. The molecule has 0 radical (unpaired) electrons. The largest absolute Gasteiger partial charge is 0.383 e. The number of ether oxygens (including phenoxy) is 1. The van der Waals surface area contributed by atoms with E-state index in [2.05, 4.69) is 23.8 Å². The highest BCUT2D eigenvalue weighted by molar-refractivity contribution is 7.89. The van der Waals surface area contributed by atoms with Gasteiger partial charge in [-0.05, 0) is 44.5 Å². The zero-order valence-corrected chi connectivity index (χ0v) is 20.1. The van der Waals surface area contributed by atoms with Crippen LogP contribution in [-0.2, 0) is 27.7 Å². The Morgan fingerprint density at radius 3 is 2.58 bits per heavy atom. The van der Waals surface area contributed by atoms with Crippen molar-refractivity contribution in [2.45, 2.75) is 44.7 Å². The van der Waals surface area contributed by atoms with Gasteiger partial charge < -0.3 is 4.74 Å². The van der Waals surface area contributed by atoms with Gasteiger partial charge in [0, 0.05) is 26.1 Å². The van der Waals surface area contributed by atoms with Crippen molar-refractivity contribution in [3.8, 4) is 5.69 Å². The van der Waals surface area contributed by atoms with Crippen LogP contribution in [0.2, 0.25) is 0 Å². The van der Waals surface area contributed by atoms with Crippen molar-refractivity contribution in [3.05, 3.63) is 71.1 Å². The first-order valence-corrected chi connectivity index (χ1v) is 12.2. The number of rotatable bonds is 10. The summed E-state index contributed by atoms with van der Waals surface area (Å²) in [4.78, 5) is 6.58. The fourth-order valence-electron chi connectivity index (χ4n) is 3.52. The third kappa shape index (κ3) is 6.44. The molecule has 0 spiro atoms. The van der Waals surface area contributed by atoms with Crippen molar-refractivity contribution in [3.63, 3.8) is 0 Å². The Morgan fingerprint density at radius 2 is 1.97 bits per heavy atom. The van der Waals surface area contributed by atoms with Gasteiger partial charge in [-0.25, -0.2) is 27.6 Å². The molecule has 1 heterocycles. The second-order valence-electron chi connectivity index (χ2n) is 8.24. The van der Waals surface area contributed by atoms with E-state index in [0.29, 0.717) is 37.8 Å². The Morgan fingerprint density at radius 1 is 1.21 bits per heavy atom. The summed E-state index contributed by atoms with van der Waals surface area (Å²) in [7, 11) is -2.37. The third-order valence-corrected chi connectivity index (χ3v) is 6.21.